The van der Waals surface area contributed by atoms with Crippen LogP contribution in [-0.4, -0.2) is 77.4 Å². The molecular formula is C13H25N3O4. The molecule has 116 valence electrons. The minimum absolute atomic E-state index is 0.0171. The summed E-state index contributed by atoms with van der Waals surface area (Å²) >= 11 is 0. The first-order chi connectivity index (χ1) is 9.45. The van der Waals surface area contributed by atoms with Crippen LogP contribution >= 0.6 is 0 Å². The highest BCUT2D eigenvalue weighted by Crippen LogP contribution is 2.15. The maximum atomic E-state index is 11.9. The highest BCUT2D eigenvalue weighted by atomic mass is 16.4. The number of likely N-dealkylation sites (tertiary alicyclic amines) is 1. The quantitative estimate of drug-likeness (QED) is 0.637. The summed E-state index contributed by atoms with van der Waals surface area (Å²) in [6.45, 7) is 5.32. The number of urea groups is 1. The van der Waals surface area contributed by atoms with Crippen molar-refractivity contribution in [1.29, 1.82) is 0 Å². The molecule has 0 bridgehead atoms. The zero-order valence-electron chi connectivity index (χ0n) is 12.2. The van der Waals surface area contributed by atoms with Gasteiger partial charge in [-0.3, -0.25) is 0 Å². The largest absolute Gasteiger partial charge is 0.479 e. The van der Waals surface area contributed by atoms with E-state index in [0.29, 0.717) is 0 Å². The van der Waals surface area contributed by atoms with Crippen LogP contribution in [-0.2, 0) is 4.79 Å². The third-order valence-corrected chi connectivity index (χ3v) is 3.85. The van der Waals surface area contributed by atoms with Gasteiger partial charge in [0.1, 0.15) is 0 Å². The molecule has 0 aromatic rings. The molecule has 1 heterocycles. The number of rotatable bonds is 6. The van der Waals surface area contributed by atoms with E-state index in [0.717, 1.165) is 32.5 Å². The molecule has 7 heteroatoms. The van der Waals surface area contributed by atoms with Crippen LogP contribution in [0.15, 0.2) is 0 Å². The van der Waals surface area contributed by atoms with Crippen LogP contribution in [0.1, 0.15) is 26.2 Å². The van der Waals surface area contributed by atoms with Gasteiger partial charge in [0, 0.05) is 39.1 Å². The standard InChI is InChI=1S/C13H25N3O4/c1-3-16-8-5-10(6-9-16)15(2)13(20)14-7-4-11(17)12(18)19/h10-11,17H,3-9H2,1-2H3,(H,14,20)(H,18,19). The van der Waals surface area contributed by atoms with E-state index >= 15 is 0 Å². The second kappa shape index (κ2) is 8.06. The van der Waals surface area contributed by atoms with Gasteiger partial charge < -0.3 is 25.3 Å². The van der Waals surface area contributed by atoms with Crippen LogP contribution in [0.3, 0.4) is 0 Å². The number of piperidine rings is 1. The van der Waals surface area contributed by atoms with Crippen molar-refractivity contribution in [3.8, 4) is 0 Å². The lowest BCUT2D eigenvalue weighted by atomic mass is 10.0. The average Bonchev–Trinajstić information content (AvgIpc) is 2.46. The fraction of sp³-hybridized carbons (Fsp3) is 0.846. The number of aliphatic hydroxyl groups excluding tert-OH is 1. The second-order valence-corrected chi connectivity index (χ2v) is 5.15. The number of carbonyl (C=O) groups is 2. The number of carbonyl (C=O) groups excluding carboxylic acids is 1. The van der Waals surface area contributed by atoms with Crippen LogP contribution in [0.4, 0.5) is 4.79 Å². The lowest BCUT2D eigenvalue weighted by Gasteiger charge is -2.36. The Balaban J connectivity index is 2.27. The normalized spacial score (nSPS) is 18.6. The fourth-order valence-corrected chi connectivity index (χ4v) is 2.35. The van der Waals surface area contributed by atoms with Crippen molar-refractivity contribution in [3.63, 3.8) is 0 Å². The zero-order chi connectivity index (χ0) is 15.1. The number of nitrogens with zero attached hydrogens (tertiary/aromatic N) is 2. The monoisotopic (exact) mass is 287 g/mol. The predicted octanol–water partition coefficient (Wildman–Crippen LogP) is -0.0523. The number of hydrogen-bond donors (Lipinski definition) is 3. The first-order valence-corrected chi connectivity index (χ1v) is 7.09. The summed E-state index contributed by atoms with van der Waals surface area (Å²) in [4.78, 5) is 26.4. The van der Waals surface area contributed by atoms with E-state index < -0.39 is 12.1 Å². The van der Waals surface area contributed by atoms with Crippen molar-refractivity contribution in [2.75, 3.05) is 33.2 Å². The summed E-state index contributed by atoms with van der Waals surface area (Å²) in [6, 6.07) is 0.0136. The van der Waals surface area contributed by atoms with E-state index in [1.807, 2.05) is 0 Å². The molecule has 1 fully saturated rings. The molecule has 0 aromatic carbocycles. The maximum absolute atomic E-state index is 11.9. The van der Waals surface area contributed by atoms with Crippen LogP contribution < -0.4 is 5.32 Å². The van der Waals surface area contributed by atoms with Crippen molar-refractivity contribution in [2.45, 2.75) is 38.3 Å². The van der Waals surface area contributed by atoms with Crippen LogP contribution in [0.25, 0.3) is 0 Å². The minimum Gasteiger partial charge on any atom is -0.479 e. The minimum atomic E-state index is -1.42. The van der Waals surface area contributed by atoms with Crippen LogP contribution in [0.5, 0.6) is 0 Å². The Labute approximate surface area is 119 Å². The summed E-state index contributed by atoms with van der Waals surface area (Å²) < 4.78 is 0. The number of nitrogens with one attached hydrogen (secondary N) is 1. The Morgan fingerprint density at radius 2 is 2.00 bits per heavy atom. The van der Waals surface area contributed by atoms with Gasteiger partial charge in [-0.2, -0.15) is 0 Å². The van der Waals surface area contributed by atoms with Gasteiger partial charge in [-0.05, 0) is 19.4 Å². The number of amides is 2. The third-order valence-electron chi connectivity index (χ3n) is 3.85. The molecule has 1 atom stereocenters. The van der Waals surface area contributed by atoms with Crippen LogP contribution in [0, 0.1) is 0 Å². The predicted molar refractivity (Wildman–Crippen MR) is 74.6 cm³/mol. The smallest absolute Gasteiger partial charge is 0.332 e. The second-order valence-electron chi connectivity index (χ2n) is 5.15. The molecule has 7 nitrogen and oxygen atoms in total. The van der Waals surface area contributed by atoms with E-state index in [4.69, 9.17) is 10.2 Å². The Kier molecular flexibility index (Phi) is 6.74. The number of aliphatic hydroxyl groups is 1. The van der Waals surface area contributed by atoms with Crippen molar-refractivity contribution < 1.29 is 19.8 Å². The van der Waals surface area contributed by atoms with Gasteiger partial charge in [0.2, 0.25) is 0 Å². The van der Waals surface area contributed by atoms with Gasteiger partial charge in [-0.25, -0.2) is 9.59 Å². The molecule has 0 aromatic heterocycles. The highest BCUT2D eigenvalue weighted by Gasteiger charge is 2.24. The van der Waals surface area contributed by atoms with Gasteiger partial charge in [0.25, 0.3) is 0 Å². The van der Waals surface area contributed by atoms with E-state index in [-0.39, 0.29) is 25.0 Å². The molecular weight excluding hydrogens is 262 g/mol. The summed E-state index contributed by atoms with van der Waals surface area (Å²) in [5.74, 6) is -1.26. The Hall–Kier alpha value is -1.34. The number of carboxylic acids is 1. The summed E-state index contributed by atoms with van der Waals surface area (Å²) in [5, 5.41) is 20.3. The molecule has 3 N–H and O–H groups in total. The molecule has 1 saturated heterocycles. The first kappa shape index (κ1) is 16.7. The molecule has 0 spiro atoms. The molecule has 1 aliphatic heterocycles. The Morgan fingerprint density at radius 3 is 2.50 bits per heavy atom. The first-order valence-electron chi connectivity index (χ1n) is 7.09. The average molecular weight is 287 g/mol. The topological polar surface area (TPSA) is 93.1 Å². The number of carboxylic acid groups (broad SMARTS) is 1. The molecule has 0 aliphatic carbocycles. The molecule has 1 aliphatic rings. The third kappa shape index (κ3) is 4.97. The van der Waals surface area contributed by atoms with Gasteiger partial charge in [-0.15, -0.1) is 0 Å². The van der Waals surface area contributed by atoms with Crippen molar-refractivity contribution in [3.05, 3.63) is 0 Å². The summed E-state index contributed by atoms with van der Waals surface area (Å²) in [6.07, 6.45) is 0.502. The van der Waals surface area contributed by atoms with E-state index in [1.54, 1.807) is 11.9 Å². The highest BCUT2D eigenvalue weighted by molar-refractivity contribution is 5.74. The Morgan fingerprint density at radius 1 is 1.40 bits per heavy atom. The molecule has 1 rings (SSSR count). The van der Waals surface area contributed by atoms with E-state index in [9.17, 15) is 9.59 Å². The van der Waals surface area contributed by atoms with E-state index in [2.05, 4.69) is 17.1 Å². The number of hydrogen-bond acceptors (Lipinski definition) is 4. The van der Waals surface area contributed by atoms with Gasteiger partial charge in [-0.1, -0.05) is 6.92 Å². The van der Waals surface area contributed by atoms with Crippen LogP contribution in [0.2, 0.25) is 0 Å². The van der Waals surface area contributed by atoms with Crippen molar-refractivity contribution >= 4 is 12.0 Å². The van der Waals surface area contributed by atoms with Gasteiger partial charge in [0.05, 0.1) is 0 Å². The van der Waals surface area contributed by atoms with Gasteiger partial charge in [0.15, 0.2) is 6.10 Å². The zero-order valence-corrected chi connectivity index (χ0v) is 12.2. The van der Waals surface area contributed by atoms with Crippen molar-refractivity contribution in [2.24, 2.45) is 0 Å². The molecule has 2 amide bonds. The fourth-order valence-electron chi connectivity index (χ4n) is 2.35. The van der Waals surface area contributed by atoms with E-state index in [1.165, 1.54) is 0 Å². The molecule has 0 radical (unpaired) electrons. The van der Waals surface area contributed by atoms with Gasteiger partial charge >= 0.3 is 12.0 Å². The SMILES string of the molecule is CCN1CCC(N(C)C(=O)NCCC(O)C(=O)O)CC1. The lowest BCUT2D eigenvalue weighted by Crippen LogP contribution is -2.49. The molecule has 0 saturated carbocycles. The molecule has 20 heavy (non-hydrogen) atoms. The summed E-state index contributed by atoms with van der Waals surface area (Å²) in [7, 11) is 1.76. The molecule has 1 unspecified atom stereocenters. The summed E-state index contributed by atoms with van der Waals surface area (Å²) in [5.41, 5.74) is 0. The number of aliphatic carboxylic acids is 1. The maximum Gasteiger partial charge on any atom is 0.332 e. The van der Waals surface area contributed by atoms with Crippen molar-refractivity contribution in [1.82, 2.24) is 15.1 Å². The Bertz CT molecular complexity index is 330. The lowest BCUT2D eigenvalue weighted by molar-refractivity contribution is -0.146.